The van der Waals surface area contributed by atoms with E-state index in [0.29, 0.717) is 24.5 Å². The molecule has 2 aromatic carbocycles. The summed E-state index contributed by atoms with van der Waals surface area (Å²) in [6, 6.07) is 17.3. The lowest BCUT2D eigenvalue weighted by molar-refractivity contribution is -0.140. The van der Waals surface area contributed by atoms with Gasteiger partial charge >= 0.3 is 5.97 Å². The van der Waals surface area contributed by atoms with Crippen molar-refractivity contribution in [3.63, 3.8) is 0 Å². The van der Waals surface area contributed by atoms with Crippen molar-refractivity contribution < 1.29 is 19.1 Å². The Labute approximate surface area is 236 Å². The van der Waals surface area contributed by atoms with E-state index in [1.807, 2.05) is 24.0 Å². The van der Waals surface area contributed by atoms with Gasteiger partial charge in [0.15, 0.2) is 0 Å². The standard InChI is InChI=1S/C27H31N5O2.C4H8O2/c1-19(2)26-25(20(3)29-30-26)27(33)32-14-4-13-31(15-16-32)18-22-7-11-24(12-8-22)34-23-9-5-21(17-28)6-10-23;1-3-6-4(2)5/h5-12,19H,4,13-16,18H2,1-3H3,(H,29,30);3H2,1-2H3. The van der Waals surface area contributed by atoms with Gasteiger partial charge in [0.25, 0.3) is 5.91 Å². The highest BCUT2D eigenvalue weighted by Gasteiger charge is 2.26. The molecule has 4 rings (SSSR count). The monoisotopic (exact) mass is 545 g/mol. The van der Waals surface area contributed by atoms with Crippen LogP contribution >= 0.6 is 0 Å². The summed E-state index contributed by atoms with van der Waals surface area (Å²) in [5, 5.41) is 16.3. The highest BCUT2D eigenvalue weighted by atomic mass is 16.5. The molecule has 0 saturated carbocycles. The Bertz CT molecular complexity index is 1290. The first-order valence-corrected chi connectivity index (χ1v) is 13.7. The zero-order valence-corrected chi connectivity index (χ0v) is 24.1. The maximum absolute atomic E-state index is 13.3. The van der Waals surface area contributed by atoms with Gasteiger partial charge in [0.05, 0.1) is 29.5 Å². The van der Waals surface area contributed by atoms with Gasteiger partial charge < -0.3 is 14.4 Å². The van der Waals surface area contributed by atoms with E-state index >= 15 is 0 Å². The minimum absolute atomic E-state index is 0.0844. The number of H-pyrrole nitrogens is 1. The van der Waals surface area contributed by atoms with Crippen LogP contribution in [0, 0.1) is 18.3 Å². The van der Waals surface area contributed by atoms with Gasteiger partial charge in [-0.3, -0.25) is 19.6 Å². The van der Waals surface area contributed by atoms with Crippen LogP contribution in [-0.2, 0) is 16.1 Å². The van der Waals surface area contributed by atoms with Crippen LogP contribution in [0.1, 0.15) is 72.9 Å². The molecule has 0 radical (unpaired) electrons. The first-order chi connectivity index (χ1) is 19.2. The summed E-state index contributed by atoms with van der Waals surface area (Å²) >= 11 is 0. The van der Waals surface area contributed by atoms with E-state index in [2.05, 4.69) is 51.9 Å². The first kappa shape index (κ1) is 30.4. The van der Waals surface area contributed by atoms with Crippen molar-refractivity contribution in [3.05, 3.63) is 76.6 Å². The molecule has 0 atom stereocenters. The van der Waals surface area contributed by atoms with Crippen molar-refractivity contribution in [1.82, 2.24) is 20.0 Å². The van der Waals surface area contributed by atoms with Gasteiger partial charge in [0.1, 0.15) is 11.5 Å². The average Bonchev–Trinajstić information content (AvgIpc) is 3.17. The summed E-state index contributed by atoms with van der Waals surface area (Å²) in [7, 11) is 0. The van der Waals surface area contributed by atoms with Crippen LogP contribution in [0.4, 0.5) is 0 Å². The first-order valence-electron chi connectivity index (χ1n) is 13.7. The quantitative estimate of drug-likeness (QED) is 0.395. The number of nitriles is 1. The largest absolute Gasteiger partial charge is 0.466 e. The number of aromatic amines is 1. The molecule has 1 N–H and O–H groups in total. The van der Waals surface area contributed by atoms with Crippen LogP contribution in [0.3, 0.4) is 0 Å². The number of aromatic nitrogens is 2. The lowest BCUT2D eigenvalue weighted by atomic mass is 10.0. The smallest absolute Gasteiger partial charge is 0.302 e. The van der Waals surface area contributed by atoms with Crippen molar-refractivity contribution in [1.29, 1.82) is 5.26 Å². The number of amides is 1. The molecule has 3 aromatic rings. The van der Waals surface area contributed by atoms with E-state index in [4.69, 9.17) is 10.00 Å². The van der Waals surface area contributed by atoms with Crippen LogP contribution in [0.25, 0.3) is 0 Å². The lowest BCUT2D eigenvalue weighted by Gasteiger charge is -2.22. The molecule has 1 aliphatic rings. The lowest BCUT2D eigenvalue weighted by Crippen LogP contribution is -2.35. The molecule has 1 amide bonds. The Morgan fingerprint density at radius 2 is 1.68 bits per heavy atom. The number of nitrogens with zero attached hydrogens (tertiary/aromatic N) is 4. The van der Waals surface area contributed by atoms with Gasteiger partial charge in [0.2, 0.25) is 0 Å². The third-order valence-electron chi connectivity index (χ3n) is 6.51. The summed E-state index contributed by atoms with van der Waals surface area (Å²) in [6.45, 7) is 13.8. The van der Waals surface area contributed by atoms with Gasteiger partial charge in [-0.2, -0.15) is 10.4 Å². The summed E-state index contributed by atoms with van der Waals surface area (Å²) in [5.74, 6) is 1.55. The van der Waals surface area contributed by atoms with Crippen molar-refractivity contribution in [2.75, 3.05) is 32.8 Å². The van der Waals surface area contributed by atoms with E-state index in [0.717, 1.165) is 55.3 Å². The summed E-state index contributed by atoms with van der Waals surface area (Å²) < 4.78 is 10.3. The summed E-state index contributed by atoms with van der Waals surface area (Å²) in [6.07, 6.45) is 0.944. The number of nitrogens with one attached hydrogen (secondary N) is 1. The second-order valence-electron chi connectivity index (χ2n) is 9.99. The molecule has 0 spiro atoms. The highest BCUT2D eigenvalue weighted by Crippen LogP contribution is 2.24. The molecule has 1 aliphatic heterocycles. The number of hydrogen-bond donors (Lipinski definition) is 1. The fourth-order valence-corrected chi connectivity index (χ4v) is 4.48. The molecule has 9 heteroatoms. The van der Waals surface area contributed by atoms with E-state index in [1.165, 1.54) is 12.5 Å². The maximum Gasteiger partial charge on any atom is 0.302 e. The highest BCUT2D eigenvalue weighted by molar-refractivity contribution is 5.96. The number of hydrogen-bond acceptors (Lipinski definition) is 7. The number of rotatable bonds is 7. The molecule has 0 aliphatic carbocycles. The molecule has 2 heterocycles. The fraction of sp³-hybridized carbons (Fsp3) is 0.419. The van der Waals surface area contributed by atoms with Crippen LogP contribution in [0.5, 0.6) is 11.5 Å². The van der Waals surface area contributed by atoms with Crippen molar-refractivity contribution >= 4 is 11.9 Å². The minimum Gasteiger partial charge on any atom is -0.466 e. The SMILES string of the molecule is CCOC(C)=O.Cc1[nH]nc(C(C)C)c1C(=O)N1CCCN(Cc2ccc(Oc3ccc(C#N)cc3)cc2)CC1. The van der Waals surface area contributed by atoms with Crippen molar-refractivity contribution in [2.45, 2.75) is 53.5 Å². The Morgan fingerprint density at radius 3 is 2.23 bits per heavy atom. The zero-order chi connectivity index (χ0) is 29.1. The average molecular weight is 546 g/mol. The predicted molar refractivity (Wildman–Crippen MR) is 153 cm³/mol. The summed E-state index contributed by atoms with van der Waals surface area (Å²) in [5.41, 5.74) is 4.26. The van der Waals surface area contributed by atoms with E-state index in [9.17, 15) is 9.59 Å². The topological polar surface area (TPSA) is 112 Å². The second kappa shape index (κ2) is 14.8. The van der Waals surface area contributed by atoms with Crippen LogP contribution < -0.4 is 4.74 Å². The van der Waals surface area contributed by atoms with Crippen LogP contribution in [0.2, 0.25) is 0 Å². The van der Waals surface area contributed by atoms with Gasteiger partial charge in [-0.1, -0.05) is 26.0 Å². The molecule has 1 fully saturated rings. The molecule has 0 unspecified atom stereocenters. The third-order valence-corrected chi connectivity index (χ3v) is 6.51. The zero-order valence-electron chi connectivity index (χ0n) is 24.1. The number of benzene rings is 2. The van der Waals surface area contributed by atoms with Crippen molar-refractivity contribution in [2.24, 2.45) is 0 Å². The molecule has 212 valence electrons. The van der Waals surface area contributed by atoms with Crippen LogP contribution in [0.15, 0.2) is 48.5 Å². The molecule has 1 aromatic heterocycles. The Morgan fingerprint density at radius 1 is 1.02 bits per heavy atom. The molecular formula is C31H39N5O4. The Kier molecular flexibility index (Phi) is 11.3. The number of aryl methyl sites for hydroxylation is 1. The van der Waals surface area contributed by atoms with Gasteiger partial charge in [-0.25, -0.2) is 0 Å². The Hall–Kier alpha value is -4.16. The maximum atomic E-state index is 13.3. The van der Waals surface area contributed by atoms with Gasteiger partial charge in [-0.05, 0) is 68.1 Å². The molecule has 0 bridgehead atoms. The number of esters is 1. The van der Waals surface area contributed by atoms with E-state index < -0.39 is 0 Å². The molecular weight excluding hydrogens is 506 g/mol. The van der Waals surface area contributed by atoms with Crippen molar-refractivity contribution in [3.8, 4) is 17.6 Å². The third kappa shape index (κ3) is 8.68. The molecule has 9 nitrogen and oxygen atoms in total. The molecule has 40 heavy (non-hydrogen) atoms. The fourth-order valence-electron chi connectivity index (χ4n) is 4.48. The van der Waals surface area contributed by atoms with E-state index in [1.54, 1.807) is 31.2 Å². The second-order valence-corrected chi connectivity index (χ2v) is 9.99. The number of ether oxygens (including phenoxy) is 2. The Balaban J connectivity index is 0.000000663. The molecule has 1 saturated heterocycles. The summed E-state index contributed by atoms with van der Waals surface area (Å²) in [4.78, 5) is 27.5. The van der Waals surface area contributed by atoms with E-state index in [-0.39, 0.29) is 17.8 Å². The minimum atomic E-state index is -0.211. The number of carbonyl (C=O) groups is 2. The van der Waals surface area contributed by atoms with Gasteiger partial charge in [-0.15, -0.1) is 0 Å². The normalized spacial score (nSPS) is 13.6. The van der Waals surface area contributed by atoms with Crippen LogP contribution in [-0.4, -0.2) is 64.7 Å². The number of carbonyl (C=O) groups excluding carboxylic acids is 2. The predicted octanol–water partition coefficient (Wildman–Crippen LogP) is 5.42. The van der Waals surface area contributed by atoms with Gasteiger partial charge in [0, 0.05) is 45.3 Å².